The molecule has 0 aromatic heterocycles. The van der Waals surface area contributed by atoms with Gasteiger partial charge in [0, 0.05) is 22.5 Å². The van der Waals surface area contributed by atoms with E-state index in [-0.39, 0.29) is 12.4 Å². The Morgan fingerprint density at radius 1 is 1.38 bits per heavy atom. The summed E-state index contributed by atoms with van der Waals surface area (Å²) in [7, 11) is 0. The molecule has 0 bridgehead atoms. The minimum absolute atomic E-state index is 0.130. The normalized spacial score (nSPS) is 20.2. The van der Waals surface area contributed by atoms with Crippen molar-refractivity contribution in [3.63, 3.8) is 0 Å². The van der Waals surface area contributed by atoms with E-state index >= 15 is 0 Å². The molecule has 0 aliphatic carbocycles. The number of halogens is 4. The maximum absolute atomic E-state index is 12.7. The average Bonchev–Trinajstić information content (AvgIpc) is 2.17. The summed E-state index contributed by atoms with van der Waals surface area (Å²) in [6.07, 6.45) is -3.90. The molecule has 1 aliphatic heterocycles. The van der Waals surface area contributed by atoms with E-state index in [1.165, 1.54) is 0 Å². The molecule has 0 spiro atoms. The van der Waals surface area contributed by atoms with E-state index in [1.807, 2.05) is 0 Å². The molecule has 0 radical (unpaired) electrons. The fourth-order valence-corrected chi connectivity index (χ4v) is 2.18. The maximum Gasteiger partial charge on any atom is 0.420 e. The number of rotatable bonds is 0. The molecular formula is C10H9BrF3NO. The van der Waals surface area contributed by atoms with Crippen molar-refractivity contribution < 1.29 is 17.9 Å². The van der Waals surface area contributed by atoms with Crippen molar-refractivity contribution in [2.45, 2.75) is 18.6 Å². The minimum Gasteiger partial charge on any atom is -0.493 e. The van der Waals surface area contributed by atoms with Gasteiger partial charge >= 0.3 is 6.18 Å². The molecule has 1 heterocycles. The number of benzene rings is 1. The molecule has 1 atom stereocenters. The molecular weight excluding hydrogens is 287 g/mol. The fraction of sp³-hybridized carbons (Fsp3) is 0.400. The first kappa shape index (κ1) is 11.7. The highest BCUT2D eigenvalue weighted by molar-refractivity contribution is 9.10. The number of fused-ring (bicyclic) bond motifs is 1. The molecule has 1 aliphatic rings. The number of hydrogen-bond acceptors (Lipinski definition) is 2. The Bertz CT molecular complexity index is 419. The summed E-state index contributed by atoms with van der Waals surface area (Å²) in [6.45, 7) is 0.221. The lowest BCUT2D eigenvalue weighted by Crippen LogP contribution is -2.23. The van der Waals surface area contributed by atoms with Crippen molar-refractivity contribution in [1.29, 1.82) is 0 Å². The Hall–Kier alpha value is -0.750. The SMILES string of the molecule is NC1CCOc2c1cc(Br)cc2C(F)(F)F. The summed E-state index contributed by atoms with van der Waals surface area (Å²) in [6, 6.07) is 2.19. The lowest BCUT2D eigenvalue weighted by atomic mass is 9.98. The van der Waals surface area contributed by atoms with Crippen LogP contribution in [-0.4, -0.2) is 6.61 Å². The van der Waals surface area contributed by atoms with Gasteiger partial charge < -0.3 is 10.5 Å². The third-order valence-corrected chi connectivity index (χ3v) is 2.92. The van der Waals surface area contributed by atoms with Crippen LogP contribution in [0.1, 0.15) is 23.6 Å². The molecule has 2 rings (SSSR count). The van der Waals surface area contributed by atoms with E-state index < -0.39 is 17.8 Å². The second-order valence-electron chi connectivity index (χ2n) is 3.61. The molecule has 0 amide bonds. The van der Waals surface area contributed by atoms with Crippen LogP contribution in [-0.2, 0) is 6.18 Å². The Morgan fingerprint density at radius 3 is 2.69 bits per heavy atom. The summed E-state index contributed by atoms with van der Waals surface area (Å²) < 4.78 is 43.7. The molecule has 16 heavy (non-hydrogen) atoms. The van der Waals surface area contributed by atoms with E-state index in [0.29, 0.717) is 16.5 Å². The summed E-state index contributed by atoms with van der Waals surface area (Å²) in [5, 5.41) is 0. The lowest BCUT2D eigenvalue weighted by Gasteiger charge is -2.26. The zero-order valence-electron chi connectivity index (χ0n) is 8.14. The Kier molecular flexibility index (Phi) is 2.88. The van der Waals surface area contributed by atoms with Crippen LogP contribution in [0.15, 0.2) is 16.6 Å². The van der Waals surface area contributed by atoms with Crippen LogP contribution in [0.3, 0.4) is 0 Å². The van der Waals surface area contributed by atoms with E-state index in [2.05, 4.69) is 15.9 Å². The van der Waals surface area contributed by atoms with Crippen molar-refractivity contribution >= 4 is 15.9 Å². The molecule has 1 unspecified atom stereocenters. The van der Waals surface area contributed by atoms with Gasteiger partial charge in [-0.2, -0.15) is 13.2 Å². The van der Waals surface area contributed by atoms with Gasteiger partial charge in [-0.3, -0.25) is 0 Å². The van der Waals surface area contributed by atoms with Crippen molar-refractivity contribution in [1.82, 2.24) is 0 Å². The van der Waals surface area contributed by atoms with Crippen molar-refractivity contribution in [2.24, 2.45) is 5.73 Å². The first-order chi connectivity index (χ1) is 7.39. The second-order valence-corrected chi connectivity index (χ2v) is 4.53. The predicted octanol–water partition coefficient (Wildman–Crippen LogP) is 3.25. The average molecular weight is 296 g/mol. The van der Waals surface area contributed by atoms with Crippen molar-refractivity contribution in [2.75, 3.05) is 6.61 Å². The van der Waals surface area contributed by atoms with Gasteiger partial charge in [-0.05, 0) is 12.1 Å². The molecule has 1 aromatic rings. The van der Waals surface area contributed by atoms with Gasteiger partial charge in [0.25, 0.3) is 0 Å². The monoisotopic (exact) mass is 295 g/mol. The molecule has 0 saturated carbocycles. The Labute approximate surface area is 98.7 Å². The summed E-state index contributed by atoms with van der Waals surface area (Å²) in [4.78, 5) is 0. The fourth-order valence-electron chi connectivity index (χ4n) is 1.71. The molecule has 0 saturated heterocycles. The highest BCUT2D eigenvalue weighted by atomic mass is 79.9. The third kappa shape index (κ3) is 2.04. The van der Waals surface area contributed by atoms with E-state index in [9.17, 15) is 13.2 Å². The number of ether oxygens (including phenoxy) is 1. The summed E-state index contributed by atoms with van der Waals surface area (Å²) in [5.41, 5.74) is 5.40. The molecule has 1 aromatic carbocycles. The first-order valence-corrected chi connectivity index (χ1v) is 5.48. The zero-order chi connectivity index (χ0) is 11.9. The standard InChI is InChI=1S/C10H9BrF3NO/c11-5-3-6-8(15)1-2-16-9(6)7(4-5)10(12,13)14/h3-4,8H,1-2,15H2. The van der Waals surface area contributed by atoms with E-state index in [0.717, 1.165) is 6.07 Å². The van der Waals surface area contributed by atoms with Crippen LogP contribution in [0.2, 0.25) is 0 Å². The molecule has 2 nitrogen and oxygen atoms in total. The van der Waals surface area contributed by atoms with Crippen LogP contribution < -0.4 is 10.5 Å². The topological polar surface area (TPSA) is 35.2 Å². The van der Waals surface area contributed by atoms with Gasteiger partial charge in [0.05, 0.1) is 12.2 Å². The number of hydrogen-bond donors (Lipinski definition) is 1. The van der Waals surface area contributed by atoms with E-state index in [1.54, 1.807) is 6.07 Å². The van der Waals surface area contributed by atoms with Crippen LogP contribution in [0.5, 0.6) is 5.75 Å². The third-order valence-electron chi connectivity index (χ3n) is 2.46. The molecule has 2 N–H and O–H groups in total. The lowest BCUT2D eigenvalue weighted by molar-refractivity contribution is -0.139. The van der Waals surface area contributed by atoms with Crippen LogP contribution in [0, 0.1) is 0 Å². The van der Waals surface area contributed by atoms with Crippen LogP contribution >= 0.6 is 15.9 Å². The maximum atomic E-state index is 12.7. The quantitative estimate of drug-likeness (QED) is 0.797. The van der Waals surface area contributed by atoms with Crippen molar-refractivity contribution in [3.05, 3.63) is 27.7 Å². The highest BCUT2D eigenvalue weighted by Gasteiger charge is 2.37. The van der Waals surface area contributed by atoms with Gasteiger partial charge in [0.1, 0.15) is 5.75 Å². The number of alkyl halides is 3. The second kappa shape index (κ2) is 3.92. The Balaban J connectivity index is 2.62. The summed E-state index contributed by atoms with van der Waals surface area (Å²) in [5.74, 6) is -0.130. The molecule has 6 heteroatoms. The first-order valence-electron chi connectivity index (χ1n) is 4.68. The summed E-state index contributed by atoms with van der Waals surface area (Å²) >= 11 is 3.05. The van der Waals surface area contributed by atoms with Gasteiger partial charge in [-0.25, -0.2) is 0 Å². The van der Waals surface area contributed by atoms with Gasteiger partial charge in [0.15, 0.2) is 0 Å². The molecule has 0 fully saturated rings. The van der Waals surface area contributed by atoms with Crippen LogP contribution in [0.25, 0.3) is 0 Å². The number of nitrogens with two attached hydrogens (primary N) is 1. The van der Waals surface area contributed by atoms with E-state index in [4.69, 9.17) is 10.5 Å². The largest absolute Gasteiger partial charge is 0.493 e. The Morgan fingerprint density at radius 2 is 2.06 bits per heavy atom. The smallest absolute Gasteiger partial charge is 0.420 e. The van der Waals surface area contributed by atoms with Crippen LogP contribution in [0.4, 0.5) is 13.2 Å². The van der Waals surface area contributed by atoms with Gasteiger partial charge in [-0.1, -0.05) is 15.9 Å². The highest BCUT2D eigenvalue weighted by Crippen LogP contribution is 2.43. The minimum atomic E-state index is -4.43. The van der Waals surface area contributed by atoms with Gasteiger partial charge in [0.2, 0.25) is 0 Å². The molecule has 88 valence electrons. The zero-order valence-corrected chi connectivity index (χ0v) is 9.73. The predicted molar refractivity (Wildman–Crippen MR) is 56.2 cm³/mol. The van der Waals surface area contributed by atoms with Gasteiger partial charge in [-0.15, -0.1) is 0 Å². The van der Waals surface area contributed by atoms with Crippen molar-refractivity contribution in [3.8, 4) is 5.75 Å².